The second-order valence-corrected chi connectivity index (χ2v) is 7.47. The van der Waals surface area contributed by atoms with Crippen LogP contribution in [0.4, 0.5) is 4.79 Å². The van der Waals surface area contributed by atoms with Gasteiger partial charge in [-0.05, 0) is 46.1 Å². The first-order chi connectivity index (χ1) is 11.1. The summed E-state index contributed by atoms with van der Waals surface area (Å²) in [4.78, 5) is 24.5. The number of ether oxygens (including phenoxy) is 1. The van der Waals surface area contributed by atoms with Gasteiger partial charge in [0, 0.05) is 18.4 Å². The van der Waals surface area contributed by atoms with E-state index in [2.05, 4.69) is 15.7 Å². The summed E-state index contributed by atoms with van der Waals surface area (Å²) in [5, 5.41) is 9.72. The highest BCUT2D eigenvalue weighted by Crippen LogP contribution is 2.10. The van der Waals surface area contributed by atoms with Crippen molar-refractivity contribution < 1.29 is 14.3 Å². The van der Waals surface area contributed by atoms with Gasteiger partial charge in [0.2, 0.25) is 5.91 Å². The van der Waals surface area contributed by atoms with Gasteiger partial charge in [0.05, 0.1) is 6.54 Å². The first kappa shape index (κ1) is 20.0. The van der Waals surface area contributed by atoms with Crippen LogP contribution >= 0.6 is 0 Å². The van der Waals surface area contributed by atoms with Gasteiger partial charge in [0.1, 0.15) is 11.6 Å². The second kappa shape index (κ2) is 8.70. The SMILES string of the molecule is CC(C)C[C@H](NC(=O)OC(C)(C)C)C(=O)NC(C)Cn1cccn1. The number of nitrogens with zero attached hydrogens (tertiary/aromatic N) is 2. The van der Waals surface area contributed by atoms with Crippen LogP contribution in [0.25, 0.3) is 0 Å². The van der Waals surface area contributed by atoms with E-state index >= 15 is 0 Å². The normalized spacial score (nSPS) is 14.1. The lowest BCUT2D eigenvalue weighted by atomic mass is 10.0. The van der Waals surface area contributed by atoms with Crippen molar-refractivity contribution in [1.82, 2.24) is 20.4 Å². The fourth-order valence-electron chi connectivity index (χ4n) is 2.23. The first-order valence-electron chi connectivity index (χ1n) is 8.34. The summed E-state index contributed by atoms with van der Waals surface area (Å²) in [5.74, 6) is 0.0475. The largest absolute Gasteiger partial charge is 0.444 e. The molecule has 0 aliphatic carbocycles. The van der Waals surface area contributed by atoms with E-state index < -0.39 is 17.7 Å². The Bertz CT molecular complexity index is 520. The zero-order valence-electron chi connectivity index (χ0n) is 15.5. The van der Waals surface area contributed by atoms with Crippen molar-refractivity contribution in [1.29, 1.82) is 0 Å². The standard InChI is InChI=1S/C17H30N4O3/c1-12(2)10-14(20-16(23)24-17(4,5)6)15(22)19-13(3)11-21-9-7-8-18-21/h7-9,12-14H,10-11H2,1-6H3,(H,19,22)(H,20,23)/t13?,14-/m0/s1. The maximum atomic E-state index is 12.5. The molecule has 0 saturated heterocycles. The van der Waals surface area contributed by atoms with E-state index in [1.807, 2.05) is 33.0 Å². The van der Waals surface area contributed by atoms with Crippen molar-refractivity contribution in [3.05, 3.63) is 18.5 Å². The Morgan fingerprint density at radius 3 is 2.38 bits per heavy atom. The van der Waals surface area contributed by atoms with Gasteiger partial charge in [-0.15, -0.1) is 0 Å². The van der Waals surface area contributed by atoms with Gasteiger partial charge < -0.3 is 15.4 Å². The average molecular weight is 338 g/mol. The van der Waals surface area contributed by atoms with Gasteiger partial charge in [0.15, 0.2) is 0 Å². The van der Waals surface area contributed by atoms with Crippen LogP contribution in [0.2, 0.25) is 0 Å². The zero-order valence-corrected chi connectivity index (χ0v) is 15.5. The lowest BCUT2D eigenvalue weighted by Crippen LogP contribution is -2.51. The lowest BCUT2D eigenvalue weighted by molar-refractivity contribution is -0.124. The zero-order chi connectivity index (χ0) is 18.3. The van der Waals surface area contributed by atoms with Crippen LogP contribution in [0.5, 0.6) is 0 Å². The lowest BCUT2D eigenvalue weighted by Gasteiger charge is -2.25. The van der Waals surface area contributed by atoms with Gasteiger partial charge in [0.25, 0.3) is 0 Å². The molecule has 0 saturated carbocycles. The molecule has 136 valence electrons. The van der Waals surface area contributed by atoms with Crippen molar-refractivity contribution >= 4 is 12.0 Å². The predicted octanol–water partition coefficient (Wildman–Crippen LogP) is 2.33. The van der Waals surface area contributed by atoms with Crippen LogP contribution in [0.1, 0.15) is 48.0 Å². The monoisotopic (exact) mass is 338 g/mol. The molecule has 1 aromatic heterocycles. The Labute approximate surface area is 144 Å². The summed E-state index contributed by atoms with van der Waals surface area (Å²) in [6.07, 6.45) is 3.50. The topological polar surface area (TPSA) is 85.2 Å². The molecular weight excluding hydrogens is 308 g/mol. The number of nitrogens with one attached hydrogen (secondary N) is 2. The summed E-state index contributed by atoms with van der Waals surface area (Å²) in [5.41, 5.74) is -0.601. The summed E-state index contributed by atoms with van der Waals surface area (Å²) < 4.78 is 7.00. The summed E-state index contributed by atoms with van der Waals surface area (Å²) in [7, 11) is 0. The molecule has 0 radical (unpaired) electrons. The highest BCUT2D eigenvalue weighted by Gasteiger charge is 2.26. The van der Waals surface area contributed by atoms with Gasteiger partial charge in [-0.25, -0.2) is 4.79 Å². The molecule has 24 heavy (non-hydrogen) atoms. The molecule has 2 amide bonds. The first-order valence-corrected chi connectivity index (χ1v) is 8.34. The molecule has 1 rings (SSSR count). The molecule has 1 aromatic rings. The average Bonchev–Trinajstić information content (AvgIpc) is 2.87. The van der Waals surface area contributed by atoms with Gasteiger partial charge in [-0.1, -0.05) is 13.8 Å². The fraction of sp³-hybridized carbons (Fsp3) is 0.706. The quantitative estimate of drug-likeness (QED) is 0.799. The van der Waals surface area contributed by atoms with Crippen LogP contribution in [0.3, 0.4) is 0 Å². The maximum Gasteiger partial charge on any atom is 0.408 e. The third-order valence-electron chi connectivity index (χ3n) is 3.12. The number of carbonyl (C=O) groups excluding carboxylic acids is 2. The number of amides is 2. The van der Waals surface area contributed by atoms with E-state index in [0.717, 1.165) is 0 Å². The Hall–Kier alpha value is -2.05. The Kier molecular flexibility index (Phi) is 7.25. The number of hydrogen-bond donors (Lipinski definition) is 2. The smallest absolute Gasteiger partial charge is 0.408 e. The molecule has 0 bridgehead atoms. The fourth-order valence-corrected chi connectivity index (χ4v) is 2.23. The highest BCUT2D eigenvalue weighted by molar-refractivity contribution is 5.85. The highest BCUT2D eigenvalue weighted by atomic mass is 16.6. The van der Waals surface area contributed by atoms with Crippen molar-refractivity contribution in [3.8, 4) is 0 Å². The van der Waals surface area contributed by atoms with Crippen molar-refractivity contribution in [3.63, 3.8) is 0 Å². The number of rotatable bonds is 7. The van der Waals surface area contributed by atoms with Crippen molar-refractivity contribution in [2.45, 2.75) is 72.2 Å². The van der Waals surface area contributed by atoms with E-state index in [9.17, 15) is 9.59 Å². The second-order valence-electron chi connectivity index (χ2n) is 7.47. The summed E-state index contributed by atoms with van der Waals surface area (Å²) in [6, 6.07) is 1.10. The van der Waals surface area contributed by atoms with Crippen LogP contribution in [-0.2, 0) is 16.1 Å². The van der Waals surface area contributed by atoms with E-state index in [4.69, 9.17) is 4.74 Å². The van der Waals surface area contributed by atoms with E-state index in [1.54, 1.807) is 31.6 Å². The van der Waals surface area contributed by atoms with Crippen LogP contribution in [0, 0.1) is 5.92 Å². The molecular formula is C17H30N4O3. The third kappa shape index (κ3) is 7.99. The molecule has 0 spiro atoms. The molecule has 1 unspecified atom stereocenters. The van der Waals surface area contributed by atoms with Gasteiger partial charge >= 0.3 is 6.09 Å². The third-order valence-corrected chi connectivity index (χ3v) is 3.12. The molecule has 0 aliphatic heterocycles. The minimum atomic E-state index is -0.625. The van der Waals surface area contributed by atoms with E-state index in [-0.39, 0.29) is 17.9 Å². The summed E-state index contributed by atoms with van der Waals surface area (Å²) >= 11 is 0. The number of hydrogen-bond acceptors (Lipinski definition) is 4. The molecule has 2 N–H and O–H groups in total. The summed E-state index contributed by atoms with van der Waals surface area (Å²) in [6.45, 7) is 11.8. The molecule has 1 heterocycles. The van der Waals surface area contributed by atoms with Crippen LogP contribution < -0.4 is 10.6 Å². The molecule has 0 fully saturated rings. The number of alkyl carbamates (subject to hydrolysis) is 1. The van der Waals surface area contributed by atoms with E-state index in [0.29, 0.717) is 13.0 Å². The maximum absolute atomic E-state index is 12.5. The van der Waals surface area contributed by atoms with Gasteiger partial charge in [-0.2, -0.15) is 5.10 Å². The molecule has 2 atom stereocenters. The molecule has 7 heteroatoms. The minimum Gasteiger partial charge on any atom is -0.444 e. The van der Waals surface area contributed by atoms with Crippen molar-refractivity contribution in [2.24, 2.45) is 5.92 Å². The number of carbonyl (C=O) groups is 2. The Morgan fingerprint density at radius 1 is 1.21 bits per heavy atom. The van der Waals surface area contributed by atoms with Crippen LogP contribution in [0.15, 0.2) is 18.5 Å². The minimum absolute atomic E-state index is 0.104. The Balaban J connectivity index is 2.61. The van der Waals surface area contributed by atoms with Crippen LogP contribution in [-0.4, -0.2) is 39.5 Å². The predicted molar refractivity (Wildman–Crippen MR) is 92.4 cm³/mol. The van der Waals surface area contributed by atoms with Crippen molar-refractivity contribution in [2.75, 3.05) is 0 Å². The van der Waals surface area contributed by atoms with Gasteiger partial charge in [-0.3, -0.25) is 9.48 Å². The molecule has 0 aliphatic rings. The molecule has 0 aromatic carbocycles. The Morgan fingerprint density at radius 2 is 1.88 bits per heavy atom. The number of aromatic nitrogens is 2. The van der Waals surface area contributed by atoms with E-state index in [1.165, 1.54) is 0 Å². The molecule has 7 nitrogen and oxygen atoms in total.